The van der Waals surface area contributed by atoms with Gasteiger partial charge in [-0.3, -0.25) is 19.9 Å². The first-order chi connectivity index (χ1) is 15.0. The highest BCUT2D eigenvalue weighted by atomic mass is 32.2. The van der Waals surface area contributed by atoms with E-state index in [4.69, 9.17) is 4.74 Å². The fourth-order valence-corrected chi connectivity index (χ4v) is 4.28. The Morgan fingerprint density at radius 2 is 2.03 bits per heavy atom. The van der Waals surface area contributed by atoms with Crippen molar-refractivity contribution in [3.8, 4) is 5.75 Å². The molecule has 0 fully saturated rings. The highest BCUT2D eigenvalue weighted by Crippen LogP contribution is 2.45. The maximum absolute atomic E-state index is 13.1. The van der Waals surface area contributed by atoms with Crippen LogP contribution in [0.3, 0.4) is 0 Å². The van der Waals surface area contributed by atoms with Gasteiger partial charge in [0.1, 0.15) is 11.9 Å². The third kappa shape index (κ3) is 4.02. The number of amidine groups is 1. The number of hydrogen-bond acceptors (Lipinski definition) is 8. The topological polar surface area (TPSA) is 109 Å². The summed E-state index contributed by atoms with van der Waals surface area (Å²) in [5.41, 5.74) is 2.08. The molecule has 0 aliphatic carbocycles. The van der Waals surface area contributed by atoms with Gasteiger partial charge in [-0.15, -0.1) is 5.10 Å². The molecule has 2 aromatic carbocycles. The number of amides is 1. The highest BCUT2D eigenvalue weighted by molar-refractivity contribution is 8.13. The zero-order valence-corrected chi connectivity index (χ0v) is 18.0. The number of nitrogens with zero attached hydrogens (tertiary/aromatic N) is 3. The summed E-state index contributed by atoms with van der Waals surface area (Å²) >= 11 is 1.43. The highest BCUT2D eigenvalue weighted by Gasteiger charge is 2.43. The molecule has 0 bridgehead atoms. The number of nitrogens with one attached hydrogen (secondary N) is 2. The number of benzene rings is 2. The van der Waals surface area contributed by atoms with Gasteiger partial charge in [0.15, 0.2) is 11.2 Å². The van der Waals surface area contributed by atoms with E-state index in [1.54, 1.807) is 11.1 Å². The van der Waals surface area contributed by atoms with Gasteiger partial charge in [0.2, 0.25) is 0 Å². The largest absolute Gasteiger partial charge is 0.493 e. The number of para-hydroxylation sites is 1. The second kappa shape index (κ2) is 8.84. The van der Waals surface area contributed by atoms with Crippen molar-refractivity contribution in [2.24, 2.45) is 5.10 Å². The zero-order valence-electron chi connectivity index (χ0n) is 17.2. The summed E-state index contributed by atoms with van der Waals surface area (Å²) in [6, 6.07) is 11.4. The Labute approximate surface area is 184 Å². The standard InChI is InChI=1S/C21H23N5O4S/c1-3-11-30-17-10-9-13(26(28)29)12-15(17)19-22-16-8-6-5-7-14(16)18-20(27)23-21(31-4-2)24-25(18)19/h5-10,12,18-19,22H,3-4,11H2,1-2H3,(H,23,24,27)/t18-,19-/m1/s1. The van der Waals surface area contributed by atoms with Crippen molar-refractivity contribution in [3.63, 3.8) is 0 Å². The molecule has 0 unspecified atom stereocenters. The monoisotopic (exact) mass is 441 g/mol. The maximum Gasteiger partial charge on any atom is 0.270 e. The lowest BCUT2D eigenvalue weighted by Crippen LogP contribution is -2.51. The summed E-state index contributed by atoms with van der Waals surface area (Å²) in [6.07, 6.45) is 0.173. The van der Waals surface area contributed by atoms with Crippen molar-refractivity contribution in [3.05, 3.63) is 63.7 Å². The van der Waals surface area contributed by atoms with E-state index >= 15 is 0 Å². The van der Waals surface area contributed by atoms with Crippen LogP contribution in [0.5, 0.6) is 5.75 Å². The summed E-state index contributed by atoms with van der Waals surface area (Å²) in [5.74, 6) is 1.08. The lowest BCUT2D eigenvalue weighted by Gasteiger charge is -2.43. The normalized spacial score (nSPS) is 19.5. The molecule has 2 aromatic rings. The third-order valence-corrected chi connectivity index (χ3v) is 5.75. The molecule has 0 spiro atoms. The van der Waals surface area contributed by atoms with Crippen molar-refractivity contribution >= 4 is 34.2 Å². The quantitative estimate of drug-likeness (QED) is 0.515. The van der Waals surface area contributed by atoms with Crippen LogP contribution in [-0.2, 0) is 4.79 Å². The number of fused-ring (bicyclic) bond motifs is 3. The van der Waals surface area contributed by atoms with Crippen LogP contribution in [-0.4, -0.2) is 33.4 Å². The number of non-ortho nitro benzene ring substituents is 1. The Balaban J connectivity index is 1.87. The van der Waals surface area contributed by atoms with Crippen molar-refractivity contribution < 1.29 is 14.5 Å². The number of rotatable bonds is 6. The molecule has 2 heterocycles. The van der Waals surface area contributed by atoms with E-state index in [-0.39, 0.29) is 11.6 Å². The summed E-state index contributed by atoms with van der Waals surface area (Å²) in [4.78, 5) is 24.1. The van der Waals surface area contributed by atoms with Gasteiger partial charge in [-0.05, 0) is 24.3 Å². The third-order valence-electron chi connectivity index (χ3n) is 5.00. The molecule has 0 radical (unpaired) electrons. The molecule has 2 N–H and O–H groups in total. The lowest BCUT2D eigenvalue weighted by atomic mass is 9.96. The predicted molar refractivity (Wildman–Crippen MR) is 120 cm³/mol. The summed E-state index contributed by atoms with van der Waals surface area (Å²) in [7, 11) is 0. The number of hydrogen-bond donors (Lipinski definition) is 2. The van der Waals surface area contributed by atoms with Gasteiger partial charge in [0, 0.05) is 28.9 Å². The number of anilines is 1. The van der Waals surface area contributed by atoms with Crippen LogP contribution < -0.4 is 15.4 Å². The van der Waals surface area contributed by atoms with Crippen molar-refractivity contribution in [2.75, 3.05) is 17.7 Å². The van der Waals surface area contributed by atoms with Crippen LogP contribution in [0.25, 0.3) is 0 Å². The average Bonchev–Trinajstić information content (AvgIpc) is 2.77. The van der Waals surface area contributed by atoms with Crippen molar-refractivity contribution in [1.82, 2.24) is 10.3 Å². The molecule has 2 atom stereocenters. The number of carbonyl (C=O) groups excluding carboxylic acids is 1. The van der Waals surface area contributed by atoms with Gasteiger partial charge in [-0.2, -0.15) is 0 Å². The minimum absolute atomic E-state index is 0.0512. The van der Waals surface area contributed by atoms with Gasteiger partial charge in [-0.1, -0.05) is 43.8 Å². The van der Waals surface area contributed by atoms with E-state index in [0.717, 1.165) is 23.4 Å². The average molecular weight is 442 g/mol. The first-order valence-electron chi connectivity index (χ1n) is 10.1. The fraction of sp³-hybridized carbons (Fsp3) is 0.333. The number of ether oxygens (including phenoxy) is 1. The lowest BCUT2D eigenvalue weighted by molar-refractivity contribution is -0.385. The number of thioether (sulfide) groups is 1. The molecule has 4 rings (SSSR count). The summed E-state index contributed by atoms with van der Waals surface area (Å²) in [6.45, 7) is 4.44. The Hall–Kier alpha value is -3.27. The molecule has 10 heteroatoms. The molecule has 162 valence electrons. The smallest absolute Gasteiger partial charge is 0.270 e. The van der Waals surface area contributed by atoms with Crippen LogP contribution in [0, 0.1) is 10.1 Å². The fourth-order valence-electron chi connectivity index (χ4n) is 3.68. The molecule has 9 nitrogen and oxygen atoms in total. The minimum Gasteiger partial charge on any atom is -0.493 e. The molecule has 2 aliphatic rings. The second-order valence-corrected chi connectivity index (χ2v) is 8.32. The molecule has 31 heavy (non-hydrogen) atoms. The van der Waals surface area contributed by atoms with Gasteiger partial charge in [0.25, 0.3) is 11.6 Å². The Bertz CT molecular complexity index is 1040. The number of nitro benzene ring substituents is 1. The van der Waals surface area contributed by atoms with Gasteiger partial charge >= 0.3 is 0 Å². The van der Waals surface area contributed by atoms with Crippen molar-refractivity contribution in [1.29, 1.82) is 0 Å². The number of hydrazone groups is 1. The van der Waals surface area contributed by atoms with E-state index in [9.17, 15) is 14.9 Å². The Morgan fingerprint density at radius 1 is 1.23 bits per heavy atom. The second-order valence-electron chi connectivity index (χ2n) is 7.07. The van der Waals surface area contributed by atoms with Crippen LogP contribution in [0.2, 0.25) is 0 Å². The Morgan fingerprint density at radius 3 is 2.77 bits per heavy atom. The van der Waals surface area contributed by atoms with Crippen LogP contribution >= 0.6 is 11.8 Å². The van der Waals surface area contributed by atoms with Gasteiger partial charge in [-0.25, -0.2) is 0 Å². The molecule has 2 aliphatic heterocycles. The summed E-state index contributed by atoms with van der Waals surface area (Å²) in [5, 5.41) is 24.6. The molecular formula is C21H23N5O4S. The van der Waals surface area contributed by atoms with Crippen molar-refractivity contribution in [2.45, 2.75) is 32.5 Å². The molecule has 0 aromatic heterocycles. The van der Waals surface area contributed by atoms with Gasteiger partial charge < -0.3 is 15.4 Å². The number of carbonyl (C=O) groups is 1. The van der Waals surface area contributed by atoms with Crippen LogP contribution in [0.15, 0.2) is 47.6 Å². The number of nitro groups is 1. The maximum atomic E-state index is 13.1. The predicted octanol–water partition coefficient (Wildman–Crippen LogP) is 4.00. The molecular weight excluding hydrogens is 418 g/mol. The first-order valence-corrected chi connectivity index (χ1v) is 11.1. The van der Waals surface area contributed by atoms with E-state index in [1.165, 1.54) is 23.9 Å². The zero-order chi connectivity index (χ0) is 22.0. The van der Waals surface area contributed by atoms with E-state index < -0.39 is 17.1 Å². The molecule has 0 saturated carbocycles. The van der Waals surface area contributed by atoms with Crippen LogP contribution in [0.1, 0.15) is 43.6 Å². The van der Waals surface area contributed by atoms with E-state index in [0.29, 0.717) is 23.1 Å². The molecule has 1 amide bonds. The summed E-state index contributed by atoms with van der Waals surface area (Å²) < 4.78 is 5.90. The van der Waals surface area contributed by atoms with E-state index in [1.807, 2.05) is 38.1 Å². The minimum atomic E-state index is -0.665. The first kappa shape index (κ1) is 21.0. The van der Waals surface area contributed by atoms with Gasteiger partial charge in [0.05, 0.1) is 11.5 Å². The molecule has 0 saturated heterocycles. The SMILES string of the molecule is CCCOc1ccc([N+](=O)[O-])cc1[C@@H]1Nc2ccccc2[C@@H]2C(=O)NC(SCC)=NN12. The van der Waals surface area contributed by atoms with E-state index in [2.05, 4.69) is 15.7 Å². The van der Waals surface area contributed by atoms with Crippen LogP contribution in [0.4, 0.5) is 11.4 Å². The Kier molecular flexibility index (Phi) is 5.99.